The lowest BCUT2D eigenvalue weighted by Crippen LogP contribution is -2.40. The molecule has 94 valence electrons. The van der Waals surface area contributed by atoms with Gasteiger partial charge in [0.25, 0.3) is 5.56 Å². The van der Waals surface area contributed by atoms with Crippen molar-refractivity contribution in [1.29, 1.82) is 0 Å². The molecule has 1 fully saturated rings. The van der Waals surface area contributed by atoms with Gasteiger partial charge in [-0.3, -0.25) is 4.79 Å². The first-order valence-corrected chi connectivity index (χ1v) is 6.06. The Morgan fingerprint density at radius 3 is 2.76 bits per heavy atom. The van der Waals surface area contributed by atoms with Crippen molar-refractivity contribution in [2.45, 2.75) is 37.5 Å². The second kappa shape index (κ2) is 4.87. The van der Waals surface area contributed by atoms with E-state index in [1.165, 1.54) is 19.6 Å². The number of ether oxygens (including phenoxy) is 1. The fourth-order valence-electron chi connectivity index (χ4n) is 2.56. The van der Waals surface area contributed by atoms with Gasteiger partial charge in [-0.25, -0.2) is 0 Å². The van der Waals surface area contributed by atoms with E-state index >= 15 is 0 Å². The molecule has 0 unspecified atom stereocenters. The molecule has 0 saturated heterocycles. The molecule has 2 rings (SSSR count). The molecular weight excluding hydrogens is 218 g/mol. The Morgan fingerprint density at radius 1 is 1.47 bits per heavy atom. The van der Waals surface area contributed by atoms with E-state index in [1.54, 1.807) is 0 Å². The summed E-state index contributed by atoms with van der Waals surface area (Å²) in [4.78, 5) is 18.7. The molecule has 3 N–H and O–H groups in total. The van der Waals surface area contributed by atoms with Crippen molar-refractivity contribution in [3.8, 4) is 5.88 Å². The molecule has 5 heteroatoms. The van der Waals surface area contributed by atoms with E-state index in [9.17, 15) is 4.79 Å². The number of nitrogens with one attached hydrogen (secondary N) is 1. The molecule has 0 spiro atoms. The summed E-state index contributed by atoms with van der Waals surface area (Å²) in [5.41, 5.74) is 5.56. The van der Waals surface area contributed by atoms with Gasteiger partial charge in [0.1, 0.15) is 5.82 Å². The van der Waals surface area contributed by atoms with E-state index in [0.717, 1.165) is 25.7 Å². The first-order chi connectivity index (χ1) is 8.20. The van der Waals surface area contributed by atoms with E-state index in [4.69, 9.17) is 10.5 Å². The molecule has 0 atom stereocenters. The van der Waals surface area contributed by atoms with Gasteiger partial charge < -0.3 is 15.5 Å². The zero-order chi connectivity index (χ0) is 12.3. The topological polar surface area (TPSA) is 81.0 Å². The van der Waals surface area contributed by atoms with Crippen molar-refractivity contribution in [1.82, 2.24) is 9.97 Å². The number of aromatic amines is 1. The fraction of sp³-hybridized carbons (Fsp3) is 0.667. The largest absolute Gasteiger partial charge is 0.481 e. The highest BCUT2D eigenvalue weighted by atomic mass is 16.5. The van der Waals surface area contributed by atoms with Crippen LogP contribution in [0.25, 0.3) is 0 Å². The highest BCUT2D eigenvalue weighted by Crippen LogP contribution is 2.36. The molecule has 5 nitrogen and oxygen atoms in total. The van der Waals surface area contributed by atoms with E-state index in [1.807, 2.05) is 0 Å². The number of hydrogen-bond acceptors (Lipinski definition) is 4. The summed E-state index contributed by atoms with van der Waals surface area (Å²) in [7, 11) is 1.52. The second-order valence-corrected chi connectivity index (χ2v) is 4.68. The van der Waals surface area contributed by atoms with Crippen LogP contribution in [0.2, 0.25) is 0 Å². The minimum absolute atomic E-state index is 0.175. The van der Waals surface area contributed by atoms with Crippen molar-refractivity contribution in [2.75, 3.05) is 13.7 Å². The third-order valence-electron chi connectivity index (χ3n) is 3.63. The minimum Gasteiger partial charge on any atom is -0.481 e. The Balaban J connectivity index is 2.42. The van der Waals surface area contributed by atoms with Gasteiger partial charge in [-0.05, 0) is 12.8 Å². The second-order valence-electron chi connectivity index (χ2n) is 4.68. The minimum atomic E-state index is -0.176. The predicted molar refractivity (Wildman–Crippen MR) is 65.2 cm³/mol. The normalized spacial score (nSPS) is 18.9. The predicted octanol–water partition coefficient (Wildman–Crippen LogP) is 0.939. The zero-order valence-corrected chi connectivity index (χ0v) is 10.2. The van der Waals surface area contributed by atoms with Crippen LogP contribution in [0.15, 0.2) is 10.9 Å². The maximum Gasteiger partial charge on any atom is 0.254 e. The maximum absolute atomic E-state index is 11.6. The van der Waals surface area contributed by atoms with Crippen LogP contribution in [0.5, 0.6) is 5.88 Å². The molecule has 0 aromatic carbocycles. The highest BCUT2D eigenvalue weighted by Gasteiger charge is 2.35. The van der Waals surface area contributed by atoms with Crippen molar-refractivity contribution in [3.05, 3.63) is 22.2 Å². The fourth-order valence-corrected chi connectivity index (χ4v) is 2.56. The molecule has 0 aliphatic heterocycles. The average Bonchev–Trinajstić information content (AvgIpc) is 2.38. The van der Waals surface area contributed by atoms with Crippen LogP contribution in [0, 0.1) is 0 Å². The lowest BCUT2D eigenvalue weighted by Gasteiger charge is -2.35. The van der Waals surface area contributed by atoms with E-state index < -0.39 is 0 Å². The van der Waals surface area contributed by atoms with Gasteiger partial charge in [-0.15, -0.1) is 0 Å². The quantitative estimate of drug-likeness (QED) is 0.819. The molecule has 1 saturated carbocycles. The molecule has 1 aliphatic rings. The van der Waals surface area contributed by atoms with Crippen LogP contribution >= 0.6 is 0 Å². The van der Waals surface area contributed by atoms with Gasteiger partial charge >= 0.3 is 0 Å². The van der Waals surface area contributed by atoms with E-state index in [2.05, 4.69) is 9.97 Å². The van der Waals surface area contributed by atoms with Crippen molar-refractivity contribution in [3.63, 3.8) is 0 Å². The molecular formula is C12H19N3O2. The van der Waals surface area contributed by atoms with Crippen LogP contribution < -0.4 is 16.0 Å². The van der Waals surface area contributed by atoms with Crippen molar-refractivity contribution >= 4 is 0 Å². The molecule has 1 aromatic rings. The summed E-state index contributed by atoms with van der Waals surface area (Å²) in [6.45, 7) is 0.517. The van der Waals surface area contributed by atoms with Crippen molar-refractivity contribution < 1.29 is 4.74 Å². The van der Waals surface area contributed by atoms with Gasteiger partial charge in [0.05, 0.1) is 13.2 Å². The van der Waals surface area contributed by atoms with Crippen LogP contribution in [-0.2, 0) is 5.41 Å². The van der Waals surface area contributed by atoms with Crippen LogP contribution in [0.1, 0.15) is 37.9 Å². The third kappa shape index (κ3) is 2.34. The van der Waals surface area contributed by atoms with Crippen molar-refractivity contribution in [2.24, 2.45) is 5.73 Å². The molecule has 0 radical (unpaired) electrons. The van der Waals surface area contributed by atoms with Crippen LogP contribution in [0.4, 0.5) is 0 Å². The number of methoxy groups -OCH3 is 1. The lowest BCUT2D eigenvalue weighted by molar-refractivity contribution is 0.280. The summed E-state index contributed by atoms with van der Waals surface area (Å²) in [5, 5.41) is 0. The third-order valence-corrected chi connectivity index (χ3v) is 3.63. The summed E-state index contributed by atoms with van der Waals surface area (Å²) in [6, 6.07) is 1.36. The maximum atomic E-state index is 11.6. The Morgan fingerprint density at radius 2 is 2.18 bits per heavy atom. The molecule has 1 heterocycles. The summed E-state index contributed by atoms with van der Waals surface area (Å²) in [5.74, 6) is 1.05. The summed E-state index contributed by atoms with van der Waals surface area (Å²) in [6.07, 6.45) is 5.48. The Hall–Kier alpha value is -1.36. The molecule has 1 aliphatic carbocycles. The average molecular weight is 237 g/mol. The lowest BCUT2D eigenvalue weighted by atomic mass is 9.73. The number of nitrogens with two attached hydrogens (primary N) is 1. The Labute approximate surface area is 100 Å². The van der Waals surface area contributed by atoms with Gasteiger partial charge in [0.15, 0.2) is 0 Å². The number of H-pyrrole nitrogens is 1. The monoisotopic (exact) mass is 237 g/mol. The first kappa shape index (κ1) is 12.1. The standard InChI is InChI=1S/C12H19N3O2/c1-17-10-7-9(16)14-11(15-10)12(8-13)5-3-2-4-6-12/h7H,2-6,8,13H2,1H3,(H,14,15,16). The van der Waals surface area contributed by atoms with E-state index in [-0.39, 0.29) is 11.0 Å². The van der Waals surface area contributed by atoms with Gasteiger partial charge in [0, 0.05) is 12.0 Å². The Bertz CT molecular complexity index is 436. The van der Waals surface area contributed by atoms with Gasteiger partial charge in [-0.1, -0.05) is 19.3 Å². The number of rotatable bonds is 3. The van der Waals surface area contributed by atoms with Crippen LogP contribution in [0.3, 0.4) is 0 Å². The molecule has 17 heavy (non-hydrogen) atoms. The van der Waals surface area contributed by atoms with E-state index in [0.29, 0.717) is 18.2 Å². The van der Waals surface area contributed by atoms with Crippen LogP contribution in [-0.4, -0.2) is 23.6 Å². The number of hydrogen-bond donors (Lipinski definition) is 2. The number of nitrogens with zero attached hydrogens (tertiary/aromatic N) is 1. The zero-order valence-electron chi connectivity index (χ0n) is 10.2. The molecule has 1 aromatic heterocycles. The SMILES string of the molecule is COc1cc(=O)[nH]c(C2(CN)CCCCC2)n1. The van der Waals surface area contributed by atoms with Gasteiger partial charge in [0.2, 0.25) is 5.88 Å². The molecule has 0 amide bonds. The summed E-state index contributed by atoms with van der Waals surface area (Å²) >= 11 is 0. The smallest absolute Gasteiger partial charge is 0.254 e. The van der Waals surface area contributed by atoms with Gasteiger partial charge in [-0.2, -0.15) is 4.98 Å². The number of aromatic nitrogens is 2. The Kier molecular flexibility index (Phi) is 3.47. The first-order valence-electron chi connectivity index (χ1n) is 6.06. The summed E-state index contributed by atoms with van der Waals surface area (Å²) < 4.78 is 5.04. The highest BCUT2D eigenvalue weighted by molar-refractivity contribution is 5.16. The molecule has 0 bridgehead atoms.